The van der Waals surface area contributed by atoms with Crippen molar-refractivity contribution in [2.75, 3.05) is 7.11 Å². The van der Waals surface area contributed by atoms with Crippen LogP contribution in [0.3, 0.4) is 0 Å². The number of aryl methyl sites for hydroxylation is 1. The summed E-state index contributed by atoms with van der Waals surface area (Å²) >= 11 is 0. The SMILES string of the molecule is COc1cc(Cn2nc(C)c(CO)c2C)cc([N+](=O)[O-])c1. The van der Waals surface area contributed by atoms with Crippen LogP contribution in [0.15, 0.2) is 18.2 Å². The topological polar surface area (TPSA) is 90.4 Å². The molecule has 21 heavy (non-hydrogen) atoms. The van der Waals surface area contributed by atoms with Gasteiger partial charge in [-0.2, -0.15) is 5.10 Å². The van der Waals surface area contributed by atoms with Gasteiger partial charge in [-0.05, 0) is 25.5 Å². The minimum Gasteiger partial charge on any atom is -0.496 e. The molecule has 112 valence electrons. The summed E-state index contributed by atoms with van der Waals surface area (Å²) in [5.41, 5.74) is 3.09. The molecule has 0 amide bonds. The van der Waals surface area contributed by atoms with Crippen LogP contribution in [0, 0.1) is 24.0 Å². The van der Waals surface area contributed by atoms with Crippen molar-refractivity contribution in [3.05, 3.63) is 50.8 Å². The number of ether oxygens (including phenoxy) is 1. The van der Waals surface area contributed by atoms with Crippen LogP contribution in [0.1, 0.15) is 22.5 Å². The van der Waals surface area contributed by atoms with Gasteiger partial charge in [-0.25, -0.2) is 0 Å². The minimum atomic E-state index is -0.452. The Morgan fingerprint density at radius 2 is 2.10 bits per heavy atom. The smallest absolute Gasteiger partial charge is 0.273 e. The molecule has 2 rings (SSSR count). The fourth-order valence-corrected chi connectivity index (χ4v) is 2.25. The van der Waals surface area contributed by atoms with Gasteiger partial charge in [-0.3, -0.25) is 14.8 Å². The highest BCUT2D eigenvalue weighted by molar-refractivity contribution is 5.43. The van der Waals surface area contributed by atoms with Gasteiger partial charge in [-0.15, -0.1) is 0 Å². The Morgan fingerprint density at radius 1 is 1.38 bits per heavy atom. The maximum atomic E-state index is 10.9. The number of rotatable bonds is 5. The van der Waals surface area contributed by atoms with E-state index in [0.29, 0.717) is 12.3 Å². The van der Waals surface area contributed by atoms with Crippen molar-refractivity contribution in [1.82, 2.24) is 9.78 Å². The molecule has 0 unspecified atom stereocenters. The predicted molar refractivity (Wildman–Crippen MR) is 76.4 cm³/mol. The molecule has 0 fully saturated rings. The molecule has 0 aliphatic heterocycles. The van der Waals surface area contributed by atoms with Crippen LogP contribution in [-0.4, -0.2) is 26.9 Å². The highest BCUT2D eigenvalue weighted by Crippen LogP contribution is 2.24. The first kappa shape index (κ1) is 15.0. The average molecular weight is 291 g/mol. The zero-order chi connectivity index (χ0) is 15.6. The number of nitrogens with zero attached hydrogens (tertiary/aromatic N) is 3. The molecule has 0 radical (unpaired) electrons. The Hall–Kier alpha value is -2.41. The zero-order valence-electron chi connectivity index (χ0n) is 12.2. The van der Waals surface area contributed by atoms with Crippen LogP contribution in [0.4, 0.5) is 5.69 Å². The Balaban J connectivity index is 2.39. The number of benzene rings is 1. The number of aliphatic hydroxyl groups is 1. The normalized spacial score (nSPS) is 10.7. The van der Waals surface area contributed by atoms with E-state index < -0.39 is 4.92 Å². The largest absolute Gasteiger partial charge is 0.496 e. The lowest BCUT2D eigenvalue weighted by molar-refractivity contribution is -0.385. The molecular weight excluding hydrogens is 274 g/mol. The molecule has 0 spiro atoms. The maximum absolute atomic E-state index is 10.9. The second-order valence-corrected chi connectivity index (χ2v) is 4.76. The van der Waals surface area contributed by atoms with Crippen molar-refractivity contribution in [2.24, 2.45) is 0 Å². The molecule has 0 bridgehead atoms. The second kappa shape index (κ2) is 5.92. The monoisotopic (exact) mass is 291 g/mol. The summed E-state index contributed by atoms with van der Waals surface area (Å²) in [7, 11) is 1.47. The number of nitro benzene ring substituents is 1. The van der Waals surface area contributed by atoms with Crippen LogP contribution >= 0.6 is 0 Å². The molecule has 7 heteroatoms. The van der Waals surface area contributed by atoms with Crippen LogP contribution in [0.5, 0.6) is 5.75 Å². The van der Waals surface area contributed by atoms with Crippen molar-refractivity contribution in [1.29, 1.82) is 0 Å². The molecule has 0 saturated heterocycles. The number of non-ortho nitro benzene ring substituents is 1. The van der Waals surface area contributed by atoms with Gasteiger partial charge in [0.15, 0.2) is 0 Å². The summed E-state index contributed by atoms with van der Waals surface area (Å²) in [6.45, 7) is 3.99. The number of nitro groups is 1. The molecule has 2 aromatic rings. The van der Waals surface area contributed by atoms with Crippen LogP contribution in [-0.2, 0) is 13.2 Å². The lowest BCUT2D eigenvalue weighted by Gasteiger charge is -2.07. The first-order chi connectivity index (χ1) is 9.96. The van der Waals surface area contributed by atoms with Gasteiger partial charge in [0.1, 0.15) is 5.75 Å². The van der Waals surface area contributed by atoms with E-state index in [1.807, 2.05) is 13.8 Å². The van der Waals surface area contributed by atoms with E-state index in [1.165, 1.54) is 19.2 Å². The second-order valence-electron chi connectivity index (χ2n) is 4.76. The van der Waals surface area contributed by atoms with E-state index >= 15 is 0 Å². The van der Waals surface area contributed by atoms with E-state index in [1.54, 1.807) is 10.7 Å². The molecule has 0 atom stereocenters. The quantitative estimate of drug-likeness (QED) is 0.671. The fourth-order valence-electron chi connectivity index (χ4n) is 2.25. The van der Waals surface area contributed by atoms with E-state index in [2.05, 4.69) is 5.10 Å². The van der Waals surface area contributed by atoms with Gasteiger partial charge < -0.3 is 9.84 Å². The first-order valence-electron chi connectivity index (χ1n) is 6.42. The zero-order valence-corrected chi connectivity index (χ0v) is 12.2. The van der Waals surface area contributed by atoms with Crippen molar-refractivity contribution < 1.29 is 14.8 Å². The molecule has 1 N–H and O–H groups in total. The summed E-state index contributed by atoms with van der Waals surface area (Å²) in [5, 5.41) is 24.6. The number of aromatic nitrogens is 2. The average Bonchev–Trinajstić information content (AvgIpc) is 2.72. The van der Waals surface area contributed by atoms with Gasteiger partial charge in [0.25, 0.3) is 5.69 Å². The molecular formula is C14H17N3O4. The van der Waals surface area contributed by atoms with Crippen LogP contribution < -0.4 is 4.74 Å². The molecule has 0 saturated carbocycles. The Labute approximate surface area is 121 Å². The molecule has 1 aromatic heterocycles. The molecule has 1 heterocycles. The van der Waals surface area contributed by atoms with Crippen LogP contribution in [0.25, 0.3) is 0 Å². The van der Waals surface area contributed by atoms with Crippen molar-refractivity contribution >= 4 is 5.69 Å². The van der Waals surface area contributed by atoms with Crippen LogP contribution in [0.2, 0.25) is 0 Å². The van der Waals surface area contributed by atoms with Gasteiger partial charge in [-0.1, -0.05) is 0 Å². The summed E-state index contributed by atoms with van der Waals surface area (Å²) in [6, 6.07) is 4.61. The van der Waals surface area contributed by atoms with Gasteiger partial charge in [0.2, 0.25) is 0 Å². The minimum absolute atomic E-state index is 0.0201. The molecule has 7 nitrogen and oxygen atoms in total. The van der Waals surface area contributed by atoms with Gasteiger partial charge >= 0.3 is 0 Å². The Kier molecular flexibility index (Phi) is 4.23. The number of hydrogen-bond donors (Lipinski definition) is 1. The van der Waals surface area contributed by atoms with Crippen molar-refractivity contribution in [3.8, 4) is 5.75 Å². The third kappa shape index (κ3) is 3.03. The summed E-state index contributed by atoms with van der Waals surface area (Å²) in [6.07, 6.45) is 0. The molecule has 0 aliphatic carbocycles. The maximum Gasteiger partial charge on any atom is 0.273 e. The van der Waals surface area contributed by atoms with E-state index in [4.69, 9.17) is 4.74 Å². The predicted octanol–water partition coefficient (Wildman–Crippen LogP) is 1.96. The molecule has 0 aliphatic rings. The summed E-state index contributed by atoms with van der Waals surface area (Å²) in [4.78, 5) is 10.5. The highest BCUT2D eigenvalue weighted by Gasteiger charge is 2.14. The standard InChI is InChI=1S/C14H17N3O4/c1-9-14(8-18)10(2)16(15-9)7-11-4-12(17(19)20)6-13(5-11)21-3/h4-6,18H,7-8H2,1-3H3. The molecule has 1 aromatic carbocycles. The first-order valence-corrected chi connectivity index (χ1v) is 6.42. The number of hydrogen-bond acceptors (Lipinski definition) is 5. The fraction of sp³-hybridized carbons (Fsp3) is 0.357. The third-order valence-corrected chi connectivity index (χ3v) is 3.42. The Morgan fingerprint density at radius 3 is 2.62 bits per heavy atom. The van der Waals surface area contributed by atoms with Gasteiger partial charge in [0, 0.05) is 17.3 Å². The summed E-state index contributed by atoms with van der Waals surface area (Å²) in [5.74, 6) is 0.433. The lowest BCUT2D eigenvalue weighted by atomic mass is 10.1. The number of methoxy groups -OCH3 is 1. The number of aliphatic hydroxyl groups excluding tert-OH is 1. The van der Waals surface area contributed by atoms with E-state index in [-0.39, 0.29) is 12.3 Å². The summed E-state index contributed by atoms with van der Waals surface area (Å²) < 4.78 is 6.81. The third-order valence-electron chi connectivity index (χ3n) is 3.42. The van der Waals surface area contributed by atoms with E-state index in [0.717, 1.165) is 22.5 Å². The van der Waals surface area contributed by atoms with E-state index in [9.17, 15) is 15.2 Å². The Bertz CT molecular complexity index is 679. The van der Waals surface area contributed by atoms with Crippen molar-refractivity contribution in [2.45, 2.75) is 27.0 Å². The van der Waals surface area contributed by atoms with Gasteiger partial charge in [0.05, 0.1) is 36.9 Å². The lowest BCUT2D eigenvalue weighted by Crippen LogP contribution is -2.05. The highest BCUT2D eigenvalue weighted by atomic mass is 16.6. The van der Waals surface area contributed by atoms with Crippen molar-refractivity contribution in [3.63, 3.8) is 0 Å².